The second-order valence-corrected chi connectivity index (χ2v) is 4.00. The lowest BCUT2D eigenvalue weighted by Gasteiger charge is -2.03. The Morgan fingerprint density at radius 2 is 1.94 bits per heavy atom. The average Bonchev–Trinajstić information content (AvgIpc) is 2.67. The fourth-order valence-corrected chi connectivity index (χ4v) is 1.73. The van der Waals surface area contributed by atoms with Crippen LogP contribution < -0.4 is 5.32 Å². The zero-order valence-electron chi connectivity index (χ0n) is 9.99. The second-order valence-electron chi connectivity index (χ2n) is 4.00. The second kappa shape index (κ2) is 4.87. The smallest absolute Gasteiger partial charge is 0.255 e. The van der Waals surface area contributed by atoms with Crippen LogP contribution in [0, 0.1) is 13.8 Å². The Balaban J connectivity index is 2.01. The molecular formula is C14H15NO2. The molecule has 88 valence electrons. The third-order valence-corrected chi connectivity index (χ3v) is 2.58. The van der Waals surface area contributed by atoms with Gasteiger partial charge in [0.05, 0.1) is 5.56 Å². The third kappa shape index (κ3) is 2.75. The van der Waals surface area contributed by atoms with Gasteiger partial charge < -0.3 is 9.73 Å². The van der Waals surface area contributed by atoms with E-state index < -0.39 is 0 Å². The molecule has 2 aromatic rings. The van der Waals surface area contributed by atoms with Crippen LogP contribution in [0.4, 0.5) is 0 Å². The average molecular weight is 229 g/mol. The van der Waals surface area contributed by atoms with Crippen molar-refractivity contribution in [1.82, 2.24) is 5.32 Å². The standard InChI is InChI=1S/C14H15NO2/c1-10-8-13(11(2)17-10)14(16)15-9-12-6-4-3-5-7-12/h3-8H,9H2,1-2H3,(H,15,16). The molecule has 1 aromatic carbocycles. The van der Waals surface area contributed by atoms with Gasteiger partial charge in [0.1, 0.15) is 11.5 Å². The number of carbonyl (C=O) groups excluding carboxylic acids is 1. The zero-order valence-corrected chi connectivity index (χ0v) is 9.99. The number of rotatable bonds is 3. The van der Waals surface area contributed by atoms with Gasteiger partial charge in [0.15, 0.2) is 0 Å². The van der Waals surface area contributed by atoms with Gasteiger partial charge in [0, 0.05) is 6.54 Å². The molecule has 0 spiro atoms. The third-order valence-electron chi connectivity index (χ3n) is 2.58. The predicted octanol–water partition coefficient (Wildman–Crippen LogP) is 2.83. The van der Waals surface area contributed by atoms with Crippen LogP contribution in [0.3, 0.4) is 0 Å². The highest BCUT2D eigenvalue weighted by Gasteiger charge is 2.12. The lowest BCUT2D eigenvalue weighted by molar-refractivity contribution is 0.0949. The summed E-state index contributed by atoms with van der Waals surface area (Å²) in [6.45, 7) is 4.16. The van der Waals surface area contributed by atoms with Crippen LogP contribution in [0.1, 0.15) is 27.4 Å². The lowest BCUT2D eigenvalue weighted by Crippen LogP contribution is -2.22. The van der Waals surface area contributed by atoms with Gasteiger partial charge in [-0.05, 0) is 25.5 Å². The van der Waals surface area contributed by atoms with Crippen LogP contribution >= 0.6 is 0 Å². The van der Waals surface area contributed by atoms with Gasteiger partial charge in [0.25, 0.3) is 5.91 Å². The summed E-state index contributed by atoms with van der Waals surface area (Å²) >= 11 is 0. The van der Waals surface area contributed by atoms with Crippen molar-refractivity contribution in [2.45, 2.75) is 20.4 Å². The van der Waals surface area contributed by atoms with E-state index in [1.165, 1.54) is 0 Å². The Morgan fingerprint density at radius 3 is 2.53 bits per heavy atom. The van der Waals surface area contributed by atoms with E-state index in [0.717, 1.165) is 11.3 Å². The minimum atomic E-state index is -0.0943. The molecule has 1 aromatic heterocycles. The molecule has 0 atom stereocenters. The van der Waals surface area contributed by atoms with Crippen molar-refractivity contribution in [3.8, 4) is 0 Å². The monoisotopic (exact) mass is 229 g/mol. The van der Waals surface area contributed by atoms with Crippen LogP contribution in [-0.2, 0) is 6.54 Å². The van der Waals surface area contributed by atoms with E-state index >= 15 is 0 Å². The van der Waals surface area contributed by atoms with Gasteiger partial charge in [-0.15, -0.1) is 0 Å². The molecule has 1 N–H and O–H groups in total. The van der Waals surface area contributed by atoms with E-state index in [1.54, 1.807) is 13.0 Å². The fraction of sp³-hybridized carbons (Fsp3) is 0.214. The number of benzene rings is 1. The number of nitrogens with one attached hydrogen (secondary N) is 1. The van der Waals surface area contributed by atoms with Gasteiger partial charge in [-0.25, -0.2) is 0 Å². The van der Waals surface area contributed by atoms with Crippen molar-refractivity contribution < 1.29 is 9.21 Å². The summed E-state index contributed by atoms with van der Waals surface area (Å²) in [5.74, 6) is 1.32. The molecule has 0 aliphatic carbocycles. The number of aryl methyl sites for hydroxylation is 2. The molecule has 0 radical (unpaired) electrons. The first-order valence-electron chi connectivity index (χ1n) is 5.56. The van der Waals surface area contributed by atoms with E-state index in [2.05, 4.69) is 5.32 Å². The maximum atomic E-state index is 11.9. The number of furan rings is 1. The summed E-state index contributed by atoms with van der Waals surface area (Å²) in [7, 11) is 0. The van der Waals surface area contributed by atoms with Crippen molar-refractivity contribution in [3.05, 3.63) is 59.0 Å². The highest BCUT2D eigenvalue weighted by molar-refractivity contribution is 5.95. The molecule has 0 aliphatic rings. The van der Waals surface area contributed by atoms with Gasteiger partial charge in [-0.2, -0.15) is 0 Å². The van der Waals surface area contributed by atoms with Crippen molar-refractivity contribution in [2.75, 3.05) is 0 Å². The maximum Gasteiger partial charge on any atom is 0.255 e. The number of amides is 1. The summed E-state index contributed by atoms with van der Waals surface area (Å²) in [6, 6.07) is 11.6. The Bertz CT molecular complexity index is 514. The first-order chi connectivity index (χ1) is 8.16. The molecular weight excluding hydrogens is 214 g/mol. The van der Waals surface area contributed by atoms with Crippen molar-refractivity contribution in [3.63, 3.8) is 0 Å². The molecule has 1 amide bonds. The zero-order chi connectivity index (χ0) is 12.3. The normalized spacial score (nSPS) is 10.2. The van der Waals surface area contributed by atoms with E-state index in [0.29, 0.717) is 17.9 Å². The summed E-state index contributed by atoms with van der Waals surface area (Å²) in [6.07, 6.45) is 0. The minimum Gasteiger partial charge on any atom is -0.466 e. The molecule has 0 aliphatic heterocycles. The lowest BCUT2D eigenvalue weighted by atomic mass is 10.2. The quantitative estimate of drug-likeness (QED) is 0.879. The van der Waals surface area contributed by atoms with Crippen LogP contribution in [0.15, 0.2) is 40.8 Å². The molecule has 0 saturated heterocycles. The molecule has 0 unspecified atom stereocenters. The van der Waals surface area contributed by atoms with Crippen LogP contribution in [0.2, 0.25) is 0 Å². The van der Waals surface area contributed by atoms with Gasteiger partial charge in [-0.3, -0.25) is 4.79 Å². The molecule has 3 nitrogen and oxygen atoms in total. The molecule has 0 bridgehead atoms. The van der Waals surface area contributed by atoms with Crippen molar-refractivity contribution >= 4 is 5.91 Å². The van der Waals surface area contributed by atoms with Gasteiger partial charge in [-0.1, -0.05) is 30.3 Å². The molecule has 3 heteroatoms. The maximum absolute atomic E-state index is 11.9. The largest absolute Gasteiger partial charge is 0.466 e. The van der Waals surface area contributed by atoms with Crippen molar-refractivity contribution in [1.29, 1.82) is 0 Å². The van der Waals surface area contributed by atoms with Crippen molar-refractivity contribution in [2.24, 2.45) is 0 Å². The van der Waals surface area contributed by atoms with E-state index in [-0.39, 0.29) is 5.91 Å². The highest BCUT2D eigenvalue weighted by Crippen LogP contribution is 2.13. The van der Waals surface area contributed by atoms with Gasteiger partial charge >= 0.3 is 0 Å². The summed E-state index contributed by atoms with van der Waals surface area (Å²) < 4.78 is 5.33. The Labute approximate surface area is 100 Å². The fourth-order valence-electron chi connectivity index (χ4n) is 1.73. The van der Waals surface area contributed by atoms with Crippen LogP contribution in [-0.4, -0.2) is 5.91 Å². The highest BCUT2D eigenvalue weighted by atomic mass is 16.3. The summed E-state index contributed by atoms with van der Waals surface area (Å²) in [5, 5.41) is 2.87. The Hall–Kier alpha value is -2.03. The van der Waals surface area contributed by atoms with Crippen LogP contribution in [0.5, 0.6) is 0 Å². The molecule has 1 heterocycles. The van der Waals surface area contributed by atoms with E-state index in [9.17, 15) is 4.79 Å². The van der Waals surface area contributed by atoms with Crippen LogP contribution in [0.25, 0.3) is 0 Å². The van der Waals surface area contributed by atoms with E-state index in [4.69, 9.17) is 4.42 Å². The number of hydrogen-bond acceptors (Lipinski definition) is 2. The first-order valence-corrected chi connectivity index (χ1v) is 5.56. The number of carbonyl (C=O) groups is 1. The van der Waals surface area contributed by atoms with Gasteiger partial charge in [0.2, 0.25) is 0 Å². The summed E-state index contributed by atoms with van der Waals surface area (Å²) in [4.78, 5) is 11.9. The number of hydrogen-bond donors (Lipinski definition) is 1. The topological polar surface area (TPSA) is 42.2 Å². The first kappa shape index (κ1) is 11.5. The molecule has 2 rings (SSSR count). The SMILES string of the molecule is Cc1cc(C(=O)NCc2ccccc2)c(C)o1. The Morgan fingerprint density at radius 1 is 1.24 bits per heavy atom. The molecule has 17 heavy (non-hydrogen) atoms. The minimum absolute atomic E-state index is 0.0943. The predicted molar refractivity (Wildman–Crippen MR) is 65.8 cm³/mol. The Kier molecular flexibility index (Phi) is 3.28. The van der Waals surface area contributed by atoms with E-state index in [1.807, 2.05) is 37.3 Å². The molecule has 0 saturated carbocycles. The summed E-state index contributed by atoms with van der Waals surface area (Å²) in [5.41, 5.74) is 1.69. The molecule has 0 fully saturated rings.